The molecule has 2 aromatic rings. The maximum absolute atomic E-state index is 12.6. The first-order valence-corrected chi connectivity index (χ1v) is 8.43. The third-order valence-electron chi connectivity index (χ3n) is 3.97. The van der Waals surface area contributed by atoms with Gasteiger partial charge in [-0.2, -0.15) is 0 Å². The summed E-state index contributed by atoms with van der Waals surface area (Å²) in [6.07, 6.45) is 1.68. The summed E-state index contributed by atoms with van der Waals surface area (Å²) in [5, 5.41) is 0.564. The van der Waals surface area contributed by atoms with E-state index in [0.29, 0.717) is 23.1 Å². The van der Waals surface area contributed by atoms with Crippen LogP contribution >= 0.6 is 11.6 Å². The van der Waals surface area contributed by atoms with E-state index >= 15 is 0 Å². The number of carbonyl (C=O) groups is 1. The number of aryl methyl sites for hydroxylation is 2. The van der Waals surface area contributed by atoms with Gasteiger partial charge in [0.2, 0.25) is 0 Å². The molecule has 2 heterocycles. The fourth-order valence-electron chi connectivity index (χ4n) is 2.92. The number of ether oxygens (including phenoxy) is 1. The van der Waals surface area contributed by atoms with Crippen LogP contribution in [0.4, 0.5) is 0 Å². The minimum Gasteiger partial charge on any atom is -0.458 e. The molecule has 1 aromatic carbocycles. The van der Waals surface area contributed by atoms with Gasteiger partial charge in [0.05, 0.1) is 6.54 Å². The Balaban J connectivity index is 1.69. The number of carbonyl (C=O) groups excluding carboxylic acids is 1. The van der Waals surface area contributed by atoms with Crippen LogP contribution in [0, 0.1) is 13.8 Å². The Morgan fingerprint density at radius 1 is 1.25 bits per heavy atom. The first-order chi connectivity index (χ1) is 11.5. The van der Waals surface area contributed by atoms with E-state index in [1.807, 2.05) is 24.8 Å². The molecular weight excluding hydrogens is 326 g/mol. The van der Waals surface area contributed by atoms with Crippen molar-refractivity contribution in [3.8, 4) is 6.01 Å². The van der Waals surface area contributed by atoms with E-state index in [2.05, 4.69) is 9.97 Å². The lowest BCUT2D eigenvalue weighted by Gasteiger charge is -2.32. The van der Waals surface area contributed by atoms with Gasteiger partial charge in [-0.3, -0.25) is 4.79 Å². The molecule has 0 N–H and O–H groups in total. The minimum absolute atomic E-state index is 0.0212. The number of amides is 1. The molecule has 1 fully saturated rings. The SMILES string of the molecule is Cc1cc(C)nc(OC2CCCN(C(=O)c3cccc(Cl)c3)C2)n1. The molecule has 1 unspecified atom stereocenters. The highest BCUT2D eigenvalue weighted by molar-refractivity contribution is 6.30. The van der Waals surface area contributed by atoms with Gasteiger partial charge in [0.25, 0.3) is 5.91 Å². The second kappa shape index (κ2) is 7.18. The fraction of sp³-hybridized carbons (Fsp3) is 0.389. The highest BCUT2D eigenvalue weighted by Gasteiger charge is 2.26. The van der Waals surface area contributed by atoms with E-state index in [9.17, 15) is 4.79 Å². The standard InChI is InChI=1S/C18H20ClN3O2/c1-12-9-13(2)21-18(20-12)24-16-7-4-8-22(11-16)17(23)14-5-3-6-15(19)10-14/h3,5-6,9-10,16H,4,7-8,11H2,1-2H3. The number of rotatable bonds is 3. The van der Waals surface area contributed by atoms with Crippen molar-refractivity contribution in [1.82, 2.24) is 14.9 Å². The van der Waals surface area contributed by atoms with Crippen LogP contribution in [0.1, 0.15) is 34.6 Å². The Morgan fingerprint density at radius 2 is 2.00 bits per heavy atom. The molecule has 1 saturated heterocycles. The van der Waals surface area contributed by atoms with E-state index in [4.69, 9.17) is 16.3 Å². The molecular formula is C18H20ClN3O2. The quantitative estimate of drug-likeness (QED) is 0.855. The lowest BCUT2D eigenvalue weighted by molar-refractivity contribution is 0.0515. The van der Waals surface area contributed by atoms with Crippen LogP contribution in [-0.2, 0) is 0 Å². The normalized spacial score (nSPS) is 17.6. The van der Waals surface area contributed by atoms with E-state index < -0.39 is 0 Å². The Bertz CT molecular complexity index is 731. The number of hydrogen-bond donors (Lipinski definition) is 0. The summed E-state index contributed by atoms with van der Waals surface area (Å²) in [5.74, 6) is -0.0212. The van der Waals surface area contributed by atoms with Gasteiger partial charge in [-0.05, 0) is 51.0 Å². The van der Waals surface area contributed by atoms with Gasteiger partial charge in [0, 0.05) is 28.5 Å². The Morgan fingerprint density at radius 3 is 2.71 bits per heavy atom. The molecule has 1 aliphatic rings. The third-order valence-corrected chi connectivity index (χ3v) is 4.21. The summed E-state index contributed by atoms with van der Waals surface area (Å²) in [7, 11) is 0. The summed E-state index contributed by atoms with van der Waals surface area (Å²) in [6, 6.07) is 9.32. The van der Waals surface area contributed by atoms with Gasteiger partial charge < -0.3 is 9.64 Å². The van der Waals surface area contributed by atoms with Crippen molar-refractivity contribution in [3.05, 3.63) is 52.3 Å². The van der Waals surface area contributed by atoms with Crippen molar-refractivity contribution in [2.45, 2.75) is 32.8 Å². The summed E-state index contributed by atoms with van der Waals surface area (Å²) in [5.41, 5.74) is 2.35. The fourth-order valence-corrected chi connectivity index (χ4v) is 3.11. The highest BCUT2D eigenvalue weighted by Crippen LogP contribution is 2.19. The van der Waals surface area contributed by atoms with E-state index in [1.54, 1.807) is 24.3 Å². The molecule has 5 nitrogen and oxygen atoms in total. The Labute approximate surface area is 146 Å². The molecule has 0 aliphatic carbocycles. The van der Waals surface area contributed by atoms with Crippen LogP contribution < -0.4 is 4.74 Å². The van der Waals surface area contributed by atoms with E-state index in [0.717, 1.165) is 30.8 Å². The lowest BCUT2D eigenvalue weighted by atomic mass is 10.1. The smallest absolute Gasteiger partial charge is 0.317 e. The molecule has 0 bridgehead atoms. The third kappa shape index (κ3) is 4.03. The van der Waals surface area contributed by atoms with Crippen LogP contribution in [-0.4, -0.2) is 40.0 Å². The first-order valence-electron chi connectivity index (χ1n) is 8.05. The number of likely N-dealkylation sites (tertiary alicyclic amines) is 1. The molecule has 3 rings (SSSR count). The van der Waals surface area contributed by atoms with Gasteiger partial charge in [-0.1, -0.05) is 17.7 Å². The molecule has 6 heteroatoms. The van der Waals surface area contributed by atoms with Gasteiger partial charge >= 0.3 is 6.01 Å². The number of halogens is 1. The Hall–Kier alpha value is -2.14. The number of benzene rings is 1. The molecule has 1 amide bonds. The maximum atomic E-state index is 12.6. The zero-order valence-electron chi connectivity index (χ0n) is 13.8. The second-order valence-corrected chi connectivity index (χ2v) is 6.51. The molecule has 1 aliphatic heterocycles. The van der Waals surface area contributed by atoms with Crippen LogP contribution in [0.3, 0.4) is 0 Å². The largest absolute Gasteiger partial charge is 0.458 e. The average molecular weight is 346 g/mol. The van der Waals surface area contributed by atoms with Crippen molar-refractivity contribution in [2.24, 2.45) is 0 Å². The van der Waals surface area contributed by atoms with Crippen molar-refractivity contribution in [2.75, 3.05) is 13.1 Å². The van der Waals surface area contributed by atoms with Gasteiger partial charge in [-0.25, -0.2) is 9.97 Å². The molecule has 24 heavy (non-hydrogen) atoms. The van der Waals surface area contributed by atoms with Crippen molar-refractivity contribution >= 4 is 17.5 Å². The summed E-state index contributed by atoms with van der Waals surface area (Å²) >= 11 is 5.98. The molecule has 126 valence electrons. The predicted octanol–water partition coefficient (Wildman–Crippen LogP) is 3.43. The zero-order valence-corrected chi connectivity index (χ0v) is 14.6. The number of aromatic nitrogens is 2. The monoisotopic (exact) mass is 345 g/mol. The van der Waals surface area contributed by atoms with E-state index in [1.165, 1.54) is 0 Å². The zero-order chi connectivity index (χ0) is 17.1. The predicted molar refractivity (Wildman–Crippen MR) is 92.5 cm³/mol. The average Bonchev–Trinajstić information content (AvgIpc) is 2.53. The number of piperidine rings is 1. The Kier molecular flexibility index (Phi) is 5.00. The molecule has 1 atom stereocenters. The summed E-state index contributed by atoms with van der Waals surface area (Å²) in [4.78, 5) is 23.1. The molecule has 1 aromatic heterocycles. The van der Waals surface area contributed by atoms with Gasteiger partial charge in [0.15, 0.2) is 0 Å². The van der Waals surface area contributed by atoms with Crippen LogP contribution in [0.5, 0.6) is 6.01 Å². The van der Waals surface area contributed by atoms with Gasteiger partial charge in [0.1, 0.15) is 6.10 Å². The topological polar surface area (TPSA) is 55.3 Å². The van der Waals surface area contributed by atoms with Gasteiger partial charge in [-0.15, -0.1) is 0 Å². The maximum Gasteiger partial charge on any atom is 0.317 e. The first kappa shape index (κ1) is 16.7. The number of nitrogens with zero attached hydrogens (tertiary/aromatic N) is 3. The summed E-state index contributed by atoms with van der Waals surface area (Å²) in [6.45, 7) is 5.08. The summed E-state index contributed by atoms with van der Waals surface area (Å²) < 4.78 is 5.91. The molecule has 0 spiro atoms. The lowest BCUT2D eigenvalue weighted by Crippen LogP contribution is -2.44. The van der Waals surface area contributed by atoms with Crippen LogP contribution in [0.15, 0.2) is 30.3 Å². The molecule has 0 radical (unpaired) electrons. The van der Waals surface area contributed by atoms with E-state index in [-0.39, 0.29) is 12.0 Å². The highest BCUT2D eigenvalue weighted by atomic mass is 35.5. The van der Waals surface area contributed by atoms with Crippen LogP contribution in [0.2, 0.25) is 5.02 Å². The number of hydrogen-bond acceptors (Lipinski definition) is 4. The van der Waals surface area contributed by atoms with Crippen LogP contribution in [0.25, 0.3) is 0 Å². The van der Waals surface area contributed by atoms with Crippen molar-refractivity contribution < 1.29 is 9.53 Å². The van der Waals surface area contributed by atoms with Crippen molar-refractivity contribution in [3.63, 3.8) is 0 Å². The molecule has 0 saturated carbocycles. The van der Waals surface area contributed by atoms with Crippen molar-refractivity contribution in [1.29, 1.82) is 0 Å². The second-order valence-electron chi connectivity index (χ2n) is 6.08. The minimum atomic E-state index is -0.0944.